The quantitative estimate of drug-likeness (QED) is 0.122. The number of carbonyl (C=O) groups excluding carboxylic acids is 1. The summed E-state index contributed by atoms with van der Waals surface area (Å²) in [7, 11) is -4.74. The first kappa shape index (κ1) is 42.5. The summed E-state index contributed by atoms with van der Waals surface area (Å²) in [6.45, 7) is 0.492. The second kappa shape index (κ2) is 16.2. The fraction of sp³-hybridized carbons (Fsp3) is 0.500. The van der Waals surface area contributed by atoms with E-state index in [2.05, 4.69) is 29.9 Å². The molecule has 4 aromatic heterocycles. The number of benzene rings is 1. The number of aryl methyl sites for hydroxylation is 1. The van der Waals surface area contributed by atoms with Crippen molar-refractivity contribution in [2.45, 2.75) is 82.7 Å². The van der Waals surface area contributed by atoms with Crippen molar-refractivity contribution in [3.05, 3.63) is 65.0 Å². The zero-order valence-corrected chi connectivity index (χ0v) is 34.8. The number of nitrogen functional groups attached to an aromatic ring is 1. The SMILES string of the molecule is Cc1nc2c(ncn2[C@@H]2O[C@@H]3COP(=O)(O)CO[C@H]4[C@@H](F)[C@H](n5cnc6c(N)ncnc65)O[C@@H]4COP(=O)(SCc4ccc(OC(=O)C(C)(C)C)cc4)O[C@@H]2[C@@H]3F)c(=O)[nH]1. The molecular weight excluding hydrogens is 858 g/mol. The number of rotatable bonds is 6. The number of aromatic amines is 1. The molecule has 7 heterocycles. The molecule has 0 amide bonds. The Balaban J connectivity index is 1.13. The lowest BCUT2D eigenvalue weighted by Gasteiger charge is -2.28. The summed E-state index contributed by atoms with van der Waals surface area (Å²) in [6, 6.07) is 6.32. The van der Waals surface area contributed by atoms with Crippen molar-refractivity contribution in [3.63, 3.8) is 0 Å². The number of anilines is 1. The van der Waals surface area contributed by atoms with Crippen molar-refractivity contribution >= 4 is 59.9 Å². The number of H-pyrrole nitrogens is 1. The number of halogens is 2. The van der Waals surface area contributed by atoms with E-state index in [4.69, 9.17) is 38.3 Å². The molecule has 26 heteroatoms. The molecule has 0 saturated carbocycles. The summed E-state index contributed by atoms with van der Waals surface area (Å²) in [5.41, 5.74) is 5.26. The van der Waals surface area contributed by atoms with Crippen molar-refractivity contribution < 1.29 is 60.1 Å². The monoisotopic (exact) mass is 897 g/mol. The van der Waals surface area contributed by atoms with Crippen LogP contribution in [0.15, 0.2) is 48.0 Å². The van der Waals surface area contributed by atoms with E-state index in [0.29, 0.717) is 16.9 Å². The molecule has 10 atom stereocenters. The smallest absolute Gasteiger partial charge is 0.390 e. The van der Waals surface area contributed by atoms with E-state index < -0.39 is 100 Å². The van der Waals surface area contributed by atoms with Gasteiger partial charge in [0.1, 0.15) is 54.2 Å². The molecule has 2 bridgehead atoms. The van der Waals surface area contributed by atoms with Gasteiger partial charge in [-0.3, -0.25) is 32.3 Å². The lowest BCUT2D eigenvalue weighted by molar-refractivity contribution is -0.143. The van der Waals surface area contributed by atoms with E-state index in [0.717, 1.165) is 12.7 Å². The second-order valence-electron chi connectivity index (χ2n) is 15.1. The van der Waals surface area contributed by atoms with Crippen LogP contribution in [0.4, 0.5) is 14.6 Å². The molecule has 0 aliphatic carbocycles. The number of esters is 1. The van der Waals surface area contributed by atoms with Crippen LogP contribution in [0.3, 0.4) is 0 Å². The van der Waals surface area contributed by atoms with Gasteiger partial charge >= 0.3 is 20.4 Å². The molecule has 3 aliphatic heterocycles. The Hall–Kier alpha value is -4.22. The van der Waals surface area contributed by atoms with Crippen LogP contribution in [0.1, 0.15) is 44.6 Å². The minimum atomic E-state index is -4.74. The largest absolute Gasteiger partial charge is 0.426 e. The average molecular weight is 898 g/mol. The van der Waals surface area contributed by atoms with E-state index in [1.54, 1.807) is 45.0 Å². The Labute approximate surface area is 342 Å². The van der Waals surface area contributed by atoms with Gasteiger partial charge in [-0.15, -0.1) is 0 Å². The van der Waals surface area contributed by atoms with Crippen LogP contribution in [0.5, 0.6) is 5.75 Å². The highest BCUT2D eigenvalue weighted by Gasteiger charge is 2.54. The summed E-state index contributed by atoms with van der Waals surface area (Å²) in [5, 5.41) is 0. The maximum atomic E-state index is 16.6. The van der Waals surface area contributed by atoms with E-state index in [1.807, 2.05) is 0 Å². The molecule has 1 aromatic carbocycles. The van der Waals surface area contributed by atoms with Crippen LogP contribution in [0.2, 0.25) is 0 Å². The van der Waals surface area contributed by atoms with Crippen molar-refractivity contribution in [1.82, 2.24) is 39.0 Å². The first-order chi connectivity index (χ1) is 28.4. The minimum Gasteiger partial charge on any atom is -0.426 e. The Bertz CT molecular complexity index is 2580. The molecule has 2 unspecified atom stereocenters. The summed E-state index contributed by atoms with van der Waals surface area (Å²) in [6.07, 6.45) is -11.3. The van der Waals surface area contributed by atoms with Crippen LogP contribution in [-0.2, 0) is 47.5 Å². The van der Waals surface area contributed by atoms with Crippen LogP contribution < -0.4 is 16.0 Å². The van der Waals surface area contributed by atoms with Gasteiger partial charge in [-0.2, -0.15) is 0 Å². The number of imidazole rings is 2. The zero-order chi connectivity index (χ0) is 42.7. The number of ether oxygens (including phenoxy) is 4. The Kier molecular flexibility index (Phi) is 11.5. The lowest BCUT2D eigenvalue weighted by Crippen LogP contribution is -2.36. The lowest BCUT2D eigenvalue weighted by atomic mass is 9.97. The average Bonchev–Trinajstić information content (AvgIpc) is 3.96. The Morgan fingerprint density at radius 2 is 1.65 bits per heavy atom. The third-order valence-corrected chi connectivity index (χ3v) is 14.4. The molecule has 8 rings (SSSR count). The molecule has 5 aromatic rings. The maximum absolute atomic E-state index is 16.6. The van der Waals surface area contributed by atoms with E-state index in [9.17, 15) is 19.0 Å². The van der Waals surface area contributed by atoms with Crippen molar-refractivity contribution in [3.8, 4) is 5.75 Å². The van der Waals surface area contributed by atoms with Gasteiger partial charge < -0.3 is 39.1 Å². The second-order valence-corrected chi connectivity index (χ2v) is 21.0. The van der Waals surface area contributed by atoms with Gasteiger partial charge in [-0.05, 0) is 56.8 Å². The van der Waals surface area contributed by atoms with E-state index >= 15 is 13.3 Å². The number of nitrogens with zero attached hydrogens (tertiary/aromatic N) is 7. The third-order valence-electron chi connectivity index (χ3n) is 9.67. The van der Waals surface area contributed by atoms with Gasteiger partial charge in [-0.25, -0.2) is 38.3 Å². The van der Waals surface area contributed by atoms with Crippen molar-refractivity contribution in [2.24, 2.45) is 5.41 Å². The molecule has 322 valence electrons. The molecule has 4 N–H and O–H groups in total. The molecule has 0 radical (unpaired) electrons. The van der Waals surface area contributed by atoms with Gasteiger partial charge in [0.25, 0.3) is 5.56 Å². The topological polar surface area (TPSA) is 269 Å². The first-order valence-electron chi connectivity index (χ1n) is 18.3. The number of carbonyl (C=O) groups is 1. The maximum Gasteiger partial charge on any atom is 0.390 e. The molecular formula is C34H39F2N9O12P2S. The van der Waals surface area contributed by atoms with Crippen molar-refractivity contribution in [1.29, 1.82) is 0 Å². The van der Waals surface area contributed by atoms with E-state index in [-0.39, 0.29) is 45.5 Å². The highest BCUT2D eigenvalue weighted by molar-refractivity contribution is 8.54. The summed E-state index contributed by atoms with van der Waals surface area (Å²) >= 11 is 0.655. The fourth-order valence-electron chi connectivity index (χ4n) is 6.58. The Morgan fingerprint density at radius 3 is 2.38 bits per heavy atom. The summed E-state index contributed by atoms with van der Waals surface area (Å²) in [4.78, 5) is 59.1. The highest BCUT2D eigenvalue weighted by atomic mass is 32.7. The zero-order valence-electron chi connectivity index (χ0n) is 32.2. The van der Waals surface area contributed by atoms with Gasteiger partial charge in [0.15, 0.2) is 47.4 Å². The predicted octanol–water partition coefficient (Wildman–Crippen LogP) is 4.27. The number of aromatic nitrogens is 8. The molecule has 60 heavy (non-hydrogen) atoms. The predicted molar refractivity (Wildman–Crippen MR) is 207 cm³/mol. The molecule has 0 spiro atoms. The van der Waals surface area contributed by atoms with Gasteiger partial charge in [0.2, 0.25) is 0 Å². The van der Waals surface area contributed by atoms with Gasteiger partial charge in [-0.1, -0.05) is 12.1 Å². The fourth-order valence-corrected chi connectivity index (χ4v) is 10.7. The number of nitrogens with one attached hydrogen (secondary N) is 1. The molecule has 3 saturated heterocycles. The van der Waals surface area contributed by atoms with Gasteiger partial charge in [0, 0.05) is 5.75 Å². The number of hydrogen-bond acceptors (Lipinski definition) is 18. The van der Waals surface area contributed by atoms with Crippen LogP contribution in [0, 0.1) is 12.3 Å². The van der Waals surface area contributed by atoms with Crippen LogP contribution in [-0.4, -0.2) is 106 Å². The van der Waals surface area contributed by atoms with Gasteiger partial charge in [0.05, 0.1) is 31.3 Å². The van der Waals surface area contributed by atoms with E-state index in [1.165, 1.54) is 22.4 Å². The highest BCUT2D eigenvalue weighted by Crippen LogP contribution is 2.65. The number of alkyl halides is 2. The molecule has 21 nitrogen and oxygen atoms in total. The normalized spacial score (nSPS) is 31.6. The first-order valence-corrected chi connectivity index (χ1v) is 23.2. The molecule has 3 aliphatic rings. The number of nitrogens with two attached hydrogens (primary N) is 1. The number of hydrogen-bond donors (Lipinski definition) is 3. The summed E-state index contributed by atoms with van der Waals surface area (Å²) < 4.78 is 104. The third kappa shape index (κ3) is 8.50. The standard InChI is InChI=1S/C34H39F2N9O12P2S/c1-16-42-29-24(30(46)43-16)41-14-45(29)32-26-21(35)19(55-32)9-52-58(48,49)15-51-25-20(56-31(22(25)36)44-13-40-23-27(37)38-12-39-28(23)44)10-53-59(50,57-26)60-11-17-5-7-18(8-6-17)54-33(47)34(2,3)4/h5-8,12-14,19-22,25-26,31-32H,9-11,15H2,1-4H3,(H,48,49)(H2,37,38,39)(H,42,43,46)/t19-,20-,21-,22-,25-,26-,31-,32-,59?/m1/s1. The summed E-state index contributed by atoms with van der Waals surface area (Å²) in [5.74, 6) is -0.0403. The van der Waals surface area contributed by atoms with Crippen LogP contribution >= 0.6 is 25.8 Å². The van der Waals surface area contributed by atoms with Crippen LogP contribution in [0.25, 0.3) is 22.3 Å². The number of fused-ring (bicyclic) bond motifs is 5. The minimum absolute atomic E-state index is 0.0172. The molecule has 3 fully saturated rings. The Morgan fingerprint density at radius 1 is 0.967 bits per heavy atom. The van der Waals surface area contributed by atoms with Crippen molar-refractivity contribution in [2.75, 3.05) is 25.3 Å².